The van der Waals surface area contributed by atoms with E-state index < -0.39 is 11.9 Å². The summed E-state index contributed by atoms with van der Waals surface area (Å²) in [6.45, 7) is 6.03. The summed E-state index contributed by atoms with van der Waals surface area (Å²) in [5, 5.41) is 10.8. The van der Waals surface area contributed by atoms with Gasteiger partial charge in [0.1, 0.15) is 0 Å². The maximum Gasteiger partial charge on any atom is 0.435 e. The van der Waals surface area contributed by atoms with Gasteiger partial charge in [0, 0.05) is 24.3 Å². The van der Waals surface area contributed by atoms with Crippen molar-refractivity contribution in [1.82, 2.24) is 19.6 Å². The van der Waals surface area contributed by atoms with Crippen LogP contribution in [0.1, 0.15) is 34.8 Å². The monoisotopic (exact) mass is 483 g/mol. The van der Waals surface area contributed by atoms with Gasteiger partial charge in [-0.15, -0.1) is 0 Å². The van der Waals surface area contributed by atoms with Crippen molar-refractivity contribution < 1.29 is 18.0 Å². The summed E-state index contributed by atoms with van der Waals surface area (Å²) < 4.78 is 42.3. The summed E-state index contributed by atoms with van der Waals surface area (Å²) >= 11 is 3.50. The highest BCUT2D eigenvalue weighted by Gasteiger charge is 2.34. The van der Waals surface area contributed by atoms with Crippen molar-refractivity contribution >= 4 is 27.5 Å². The van der Waals surface area contributed by atoms with E-state index in [1.807, 2.05) is 36.7 Å². The molecule has 1 N–H and O–H groups in total. The van der Waals surface area contributed by atoms with Crippen molar-refractivity contribution in [2.75, 3.05) is 5.32 Å². The van der Waals surface area contributed by atoms with E-state index in [0.29, 0.717) is 17.9 Å². The van der Waals surface area contributed by atoms with Gasteiger partial charge >= 0.3 is 6.18 Å². The van der Waals surface area contributed by atoms with Crippen LogP contribution >= 0.6 is 15.9 Å². The number of amides is 1. The Morgan fingerprint density at radius 3 is 2.47 bits per heavy atom. The quantitative estimate of drug-likeness (QED) is 0.544. The zero-order valence-corrected chi connectivity index (χ0v) is 18.3. The van der Waals surface area contributed by atoms with E-state index >= 15 is 0 Å². The Labute approximate surface area is 180 Å². The Morgan fingerprint density at radius 1 is 1.13 bits per heavy atom. The van der Waals surface area contributed by atoms with Crippen LogP contribution in [0, 0.1) is 20.8 Å². The molecule has 6 nitrogen and oxygen atoms in total. The number of hydrogen-bond acceptors (Lipinski definition) is 3. The molecule has 0 aliphatic heterocycles. The normalized spacial score (nSPS) is 11.7. The van der Waals surface area contributed by atoms with Gasteiger partial charge in [-0.05, 0) is 60.5 Å². The van der Waals surface area contributed by atoms with Gasteiger partial charge < -0.3 is 5.32 Å². The van der Waals surface area contributed by atoms with Gasteiger partial charge in [0.2, 0.25) is 5.91 Å². The number of alkyl halides is 3. The first-order valence-electron chi connectivity index (χ1n) is 9.24. The van der Waals surface area contributed by atoms with Crippen LogP contribution in [0.25, 0.3) is 0 Å². The van der Waals surface area contributed by atoms with Crippen molar-refractivity contribution in [2.24, 2.45) is 0 Å². The SMILES string of the molecule is Cc1nn(Cc2cccc(NC(=O)CCn3nc(C(F)(F)F)cc3C)c2)c(C)c1Br. The zero-order valence-electron chi connectivity index (χ0n) is 16.7. The second kappa shape index (κ2) is 8.63. The molecule has 0 radical (unpaired) electrons. The number of carbonyl (C=O) groups excluding carboxylic acids is 1. The Morgan fingerprint density at radius 2 is 1.87 bits per heavy atom. The van der Waals surface area contributed by atoms with E-state index in [9.17, 15) is 18.0 Å². The van der Waals surface area contributed by atoms with Crippen molar-refractivity contribution in [3.8, 4) is 0 Å². The maximum absolute atomic E-state index is 12.7. The lowest BCUT2D eigenvalue weighted by Crippen LogP contribution is -2.16. The molecule has 30 heavy (non-hydrogen) atoms. The van der Waals surface area contributed by atoms with E-state index in [-0.39, 0.29) is 18.9 Å². The Bertz CT molecular complexity index is 1070. The fourth-order valence-electron chi connectivity index (χ4n) is 3.06. The average Bonchev–Trinajstić information content (AvgIpc) is 3.15. The number of carbonyl (C=O) groups is 1. The zero-order chi connectivity index (χ0) is 22.1. The number of aromatic nitrogens is 4. The molecule has 0 aliphatic carbocycles. The number of halogens is 4. The fourth-order valence-corrected chi connectivity index (χ4v) is 3.34. The maximum atomic E-state index is 12.7. The predicted molar refractivity (Wildman–Crippen MR) is 110 cm³/mol. The summed E-state index contributed by atoms with van der Waals surface area (Å²) in [7, 11) is 0. The summed E-state index contributed by atoms with van der Waals surface area (Å²) in [6, 6.07) is 8.35. The van der Waals surface area contributed by atoms with E-state index in [1.54, 1.807) is 6.07 Å². The first-order chi connectivity index (χ1) is 14.0. The minimum atomic E-state index is -4.50. The summed E-state index contributed by atoms with van der Waals surface area (Å²) in [6.07, 6.45) is -4.49. The van der Waals surface area contributed by atoms with Gasteiger partial charge in [0.25, 0.3) is 0 Å². The van der Waals surface area contributed by atoms with Gasteiger partial charge in [0.05, 0.1) is 22.4 Å². The average molecular weight is 484 g/mol. The van der Waals surface area contributed by atoms with Crippen LogP contribution in [0.4, 0.5) is 18.9 Å². The van der Waals surface area contributed by atoms with Crippen molar-refractivity contribution in [3.63, 3.8) is 0 Å². The molecule has 160 valence electrons. The van der Waals surface area contributed by atoms with Gasteiger partial charge in [-0.1, -0.05) is 12.1 Å². The molecule has 0 fully saturated rings. The molecular weight excluding hydrogens is 463 g/mol. The van der Waals surface area contributed by atoms with Gasteiger partial charge in [-0.25, -0.2) is 0 Å². The van der Waals surface area contributed by atoms with E-state index in [4.69, 9.17) is 0 Å². The topological polar surface area (TPSA) is 64.7 Å². The molecule has 2 heterocycles. The molecule has 3 aromatic rings. The molecule has 3 rings (SSSR count). The lowest BCUT2D eigenvalue weighted by Gasteiger charge is -2.09. The number of benzene rings is 1. The standard InChI is InChI=1S/C20H21BrF3N5O/c1-12-9-17(20(22,23)24)27-28(12)8-7-18(30)25-16-6-4-5-15(10-16)11-29-14(3)19(21)13(2)26-29/h4-6,9-10H,7-8,11H2,1-3H3,(H,25,30). The van der Waals surface area contributed by atoms with Crippen LogP contribution in [0.2, 0.25) is 0 Å². The highest BCUT2D eigenvalue weighted by Crippen LogP contribution is 2.28. The molecule has 1 aromatic carbocycles. The molecule has 0 unspecified atom stereocenters. The van der Waals surface area contributed by atoms with E-state index in [2.05, 4.69) is 31.4 Å². The number of nitrogens with one attached hydrogen (secondary N) is 1. The first-order valence-corrected chi connectivity index (χ1v) is 10.0. The molecule has 0 saturated heterocycles. The van der Waals surface area contributed by atoms with Crippen LogP contribution in [0.5, 0.6) is 0 Å². The molecule has 2 aromatic heterocycles. The second-order valence-electron chi connectivity index (χ2n) is 7.03. The van der Waals surface area contributed by atoms with E-state index in [1.165, 1.54) is 11.6 Å². The predicted octanol–water partition coefficient (Wildman–Crippen LogP) is 4.86. The Balaban J connectivity index is 1.61. The van der Waals surface area contributed by atoms with Crippen LogP contribution in [0.3, 0.4) is 0 Å². The van der Waals surface area contributed by atoms with Crippen LogP contribution in [-0.4, -0.2) is 25.5 Å². The molecule has 10 heteroatoms. The summed E-state index contributed by atoms with van der Waals surface area (Å²) in [4.78, 5) is 12.3. The van der Waals surface area contributed by atoms with Crippen molar-refractivity contribution in [3.05, 3.63) is 63.1 Å². The molecule has 0 spiro atoms. The van der Waals surface area contributed by atoms with Gasteiger partial charge in [0.15, 0.2) is 5.69 Å². The minimum Gasteiger partial charge on any atom is -0.326 e. The van der Waals surface area contributed by atoms with Gasteiger partial charge in [-0.3, -0.25) is 14.2 Å². The molecule has 1 amide bonds. The Kier molecular flexibility index (Phi) is 6.35. The molecule has 0 atom stereocenters. The molecule has 0 bridgehead atoms. The highest BCUT2D eigenvalue weighted by atomic mass is 79.9. The third kappa shape index (κ3) is 5.10. The fraction of sp³-hybridized carbons (Fsp3) is 0.350. The van der Waals surface area contributed by atoms with Crippen molar-refractivity contribution in [2.45, 2.75) is 46.5 Å². The number of aryl methyl sites for hydroxylation is 3. The minimum absolute atomic E-state index is 0.00838. The summed E-state index contributed by atoms with van der Waals surface area (Å²) in [5.41, 5.74) is 2.89. The van der Waals surface area contributed by atoms with Crippen LogP contribution in [-0.2, 0) is 24.1 Å². The number of hydrogen-bond donors (Lipinski definition) is 1. The number of anilines is 1. The largest absolute Gasteiger partial charge is 0.435 e. The molecular formula is C20H21BrF3N5O. The third-order valence-electron chi connectivity index (χ3n) is 4.66. The molecule has 0 aliphatic rings. The number of nitrogens with zero attached hydrogens (tertiary/aromatic N) is 4. The Hall–Kier alpha value is -2.62. The van der Waals surface area contributed by atoms with Gasteiger partial charge in [-0.2, -0.15) is 23.4 Å². The summed E-state index contributed by atoms with van der Waals surface area (Å²) in [5.74, 6) is -0.301. The third-order valence-corrected chi connectivity index (χ3v) is 5.81. The lowest BCUT2D eigenvalue weighted by atomic mass is 10.2. The second-order valence-corrected chi connectivity index (χ2v) is 7.83. The van der Waals surface area contributed by atoms with Crippen molar-refractivity contribution in [1.29, 1.82) is 0 Å². The highest BCUT2D eigenvalue weighted by molar-refractivity contribution is 9.10. The molecule has 0 saturated carbocycles. The first kappa shape index (κ1) is 22.1. The van der Waals surface area contributed by atoms with E-state index in [0.717, 1.165) is 27.5 Å². The van der Waals surface area contributed by atoms with Crippen LogP contribution < -0.4 is 5.32 Å². The smallest absolute Gasteiger partial charge is 0.326 e. The lowest BCUT2D eigenvalue weighted by molar-refractivity contribution is -0.141. The number of rotatable bonds is 6. The van der Waals surface area contributed by atoms with Crippen LogP contribution in [0.15, 0.2) is 34.8 Å².